The summed E-state index contributed by atoms with van der Waals surface area (Å²) in [6, 6.07) is 13.0. The van der Waals surface area contributed by atoms with Gasteiger partial charge in [-0.15, -0.1) is 0 Å². The fourth-order valence-electron chi connectivity index (χ4n) is 5.55. The van der Waals surface area contributed by atoms with E-state index < -0.39 is 27.4 Å². The van der Waals surface area contributed by atoms with Crippen LogP contribution in [0.25, 0.3) is 11.0 Å². The zero-order chi connectivity index (χ0) is 32.1. The van der Waals surface area contributed by atoms with E-state index in [1.54, 1.807) is 36.7 Å². The third kappa shape index (κ3) is 7.60. The minimum absolute atomic E-state index is 0.0821. The van der Waals surface area contributed by atoms with Gasteiger partial charge in [0.2, 0.25) is 0 Å². The Kier molecular flexibility index (Phi) is 9.68. The zero-order valence-electron chi connectivity index (χ0n) is 25.5. The Labute approximate surface area is 263 Å². The zero-order valence-corrected chi connectivity index (χ0v) is 26.4. The van der Waals surface area contributed by atoms with Gasteiger partial charge in [-0.1, -0.05) is 0 Å². The maximum absolute atomic E-state index is 13.5. The molecule has 12 nitrogen and oxygen atoms in total. The Bertz CT molecular complexity index is 1710. The summed E-state index contributed by atoms with van der Waals surface area (Å²) in [7, 11) is -2.09. The topological polar surface area (TPSA) is 163 Å². The number of rotatable bonds is 12. The van der Waals surface area contributed by atoms with Gasteiger partial charge >= 0.3 is 0 Å². The van der Waals surface area contributed by atoms with Gasteiger partial charge < -0.3 is 25.0 Å². The maximum atomic E-state index is 13.5. The smallest absolute Gasteiger partial charge is 0.293 e. The highest BCUT2D eigenvalue weighted by Gasteiger charge is 2.29. The highest BCUT2D eigenvalue weighted by atomic mass is 32.2. The number of amides is 1. The van der Waals surface area contributed by atoms with Crippen LogP contribution in [0.5, 0.6) is 11.5 Å². The molecule has 238 valence electrons. The van der Waals surface area contributed by atoms with Gasteiger partial charge in [0.15, 0.2) is 11.0 Å². The molecule has 13 heteroatoms. The van der Waals surface area contributed by atoms with E-state index >= 15 is 0 Å². The number of hydrogen-bond donors (Lipinski definition) is 4. The van der Waals surface area contributed by atoms with Crippen molar-refractivity contribution in [1.82, 2.24) is 14.7 Å². The Hall–Kier alpha value is -4.49. The largest absolute Gasteiger partial charge is 0.455 e. The minimum Gasteiger partial charge on any atom is -0.455 e. The molecule has 1 aliphatic rings. The summed E-state index contributed by atoms with van der Waals surface area (Å²) in [5.41, 5.74) is 1.10. The second-order valence-corrected chi connectivity index (χ2v) is 12.7. The van der Waals surface area contributed by atoms with E-state index in [1.165, 1.54) is 18.2 Å². The second-order valence-electron chi connectivity index (χ2n) is 11.5. The molecular formula is C32H38N6O6S. The van der Waals surface area contributed by atoms with Crippen molar-refractivity contribution in [3.05, 3.63) is 76.6 Å². The number of H-pyrrole nitrogens is 1. The predicted octanol–water partition coefficient (Wildman–Crippen LogP) is 5.92. The van der Waals surface area contributed by atoms with Gasteiger partial charge in [0.05, 0.1) is 27.2 Å². The lowest BCUT2D eigenvalue weighted by Crippen LogP contribution is -2.32. The number of nitro groups is 1. The molecule has 4 N–H and O–H groups in total. The van der Waals surface area contributed by atoms with Crippen molar-refractivity contribution in [3.63, 3.8) is 0 Å². The van der Waals surface area contributed by atoms with E-state index in [0.717, 1.165) is 37.0 Å². The van der Waals surface area contributed by atoms with Crippen molar-refractivity contribution in [2.45, 2.75) is 57.0 Å². The summed E-state index contributed by atoms with van der Waals surface area (Å²) >= 11 is 0. The van der Waals surface area contributed by atoms with E-state index in [-0.39, 0.29) is 27.8 Å². The first-order valence-corrected chi connectivity index (χ1v) is 16.2. The maximum Gasteiger partial charge on any atom is 0.293 e. The average Bonchev–Trinajstić information content (AvgIpc) is 3.49. The Morgan fingerprint density at radius 3 is 2.64 bits per heavy atom. The first-order chi connectivity index (χ1) is 21.6. The monoisotopic (exact) mass is 634 g/mol. The number of fused-ring (bicyclic) bond motifs is 1. The molecule has 0 radical (unpaired) electrons. The van der Waals surface area contributed by atoms with Gasteiger partial charge in [-0.3, -0.25) is 19.6 Å². The molecule has 0 spiro atoms. The van der Waals surface area contributed by atoms with Gasteiger partial charge in [0.25, 0.3) is 11.6 Å². The molecule has 1 unspecified atom stereocenters. The van der Waals surface area contributed by atoms with Crippen molar-refractivity contribution in [2.75, 3.05) is 29.9 Å². The van der Waals surface area contributed by atoms with Gasteiger partial charge in [-0.05, 0) is 88.8 Å². The van der Waals surface area contributed by atoms with Crippen molar-refractivity contribution in [3.8, 4) is 11.5 Å². The number of aliphatic hydroxyl groups is 1. The van der Waals surface area contributed by atoms with Crippen LogP contribution in [0.2, 0.25) is 0 Å². The Morgan fingerprint density at radius 2 is 1.93 bits per heavy atom. The molecule has 5 rings (SSSR count). The van der Waals surface area contributed by atoms with Crippen LogP contribution in [-0.2, 0) is 11.0 Å². The van der Waals surface area contributed by atoms with E-state index in [4.69, 9.17) is 4.74 Å². The van der Waals surface area contributed by atoms with Crippen molar-refractivity contribution < 1.29 is 23.8 Å². The molecule has 1 saturated carbocycles. The standard InChI is InChI=1S/C32H38N6O6S/c1-4-37(5-2)23-6-8-26(29(17-23)44-24-16-22-12-15-33-30(22)35-20-24)31(39)36-45(43)25-7-9-27(28(18-25)38(41)42)34-19-21-10-13-32(3,40)14-11-21/h6-9,12,15-18,20-21,34,40H,4-5,10-11,13-14,19H2,1-3H3,(H,33,35)(H,36,39). The molecule has 0 saturated heterocycles. The van der Waals surface area contributed by atoms with Crippen LogP contribution in [0, 0.1) is 16.0 Å². The molecule has 45 heavy (non-hydrogen) atoms. The normalized spacial score (nSPS) is 18.7. The quantitative estimate of drug-likeness (QED) is 0.110. The Morgan fingerprint density at radius 1 is 1.18 bits per heavy atom. The van der Waals surface area contributed by atoms with Crippen LogP contribution in [0.3, 0.4) is 0 Å². The van der Waals surface area contributed by atoms with E-state index in [9.17, 15) is 24.2 Å². The number of carbonyl (C=O) groups excluding carboxylic acids is 1. The Balaban J connectivity index is 1.34. The molecular weight excluding hydrogens is 596 g/mol. The molecule has 2 heterocycles. The lowest BCUT2D eigenvalue weighted by molar-refractivity contribution is -0.384. The lowest BCUT2D eigenvalue weighted by Gasteiger charge is -2.33. The molecule has 0 aliphatic heterocycles. The summed E-state index contributed by atoms with van der Waals surface area (Å²) in [6.45, 7) is 7.89. The van der Waals surface area contributed by atoms with Crippen LogP contribution in [-0.4, -0.2) is 55.3 Å². The van der Waals surface area contributed by atoms with Gasteiger partial charge in [-0.2, -0.15) is 0 Å². The fourth-order valence-corrected chi connectivity index (χ4v) is 6.36. The number of aromatic nitrogens is 2. The third-order valence-electron chi connectivity index (χ3n) is 8.27. The highest BCUT2D eigenvalue weighted by Crippen LogP contribution is 2.34. The highest BCUT2D eigenvalue weighted by molar-refractivity contribution is 7.83. The summed E-state index contributed by atoms with van der Waals surface area (Å²) < 4.78 is 21.9. The van der Waals surface area contributed by atoms with Crippen LogP contribution < -0.4 is 19.7 Å². The van der Waals surface area contributed by atoms with Crippen molar-refractivity contribution in [1.29, 1.82) is 0 Å². The molecule has 1 aliphatic carbocycles. The molecule has 2 aromatic carbocycles. The molecule has 1 amide bonds. The molecule has 4 aromatic rings. The number of nitrogens with one attached hydrogen (secondary N) is 3. The van der Waals surface area contributed by atoms with E-state index in [2.05, 4.69) is 24.9 Å². The number of hydrogen-bond acceptors (Lipinski definition) is 9. The van der Waals surface area contributed by atoms with Crippen LogP contribution in [0.15, 0.2) is 65.8 Å². The first-order valence-electron chi connectivity index (χ1n) is 15.0. The van der Waals surface area contributed by atoms with Gasteiger partial charge in [-0.25, -0.2) is 9.19 Å². The van der Waals surface area contributed by atoms with E-state index in [1.807, 2.05) is 26.8 Å². The number of aromatic amines is 1. The minimum atomic E-state index is -2.09. The van der Waals surface area contributed by atoms with Crippen LogP contribution >= 0.6 is 0 Å². The molecule has 1 fully saturated rings. The number of anilines is 2. The number of pyridine rings is 1. The number of nitro benzene ring substituents is 1. The SMILES string of the molecule is CCN(CC)c1ccc(C(=O)NS(=O)c2ccc(NCC3CCC(C)(O)CC3)c([N+](=O)[O-])c2)c(Oc2cnc3[nH]ccc3c2)c1. The predicted molar refractivity (Wildman–Crippen MR) is 174 cm³/mol. The fraction of sp³-hybridized carbons (Fsp3) is 0.375. The third-order valence-corrected chi connectivity index (χ3v) is 9.32. The lowest BCUT2D eigenvalue weighted by atomic mass is 9.80. The molecule has 2 aromatic heterocycles. The number of ether oxygens (including phenoxy) is 1. The van der Waals surface area contributed by atoms with Gasteiger partial charge in [0.1, 0.15) is 22.8 Å². The van der Waals surface area contributed by atoms with Crippen molar-refractivity contribution in [2.24, 2.45) is 5.92 Å². The van der Waals surface area contributed by atoms with Crippen LogP contribution in [0.4, 0.5) is 17.1 Å². The van der Waals surface area contributed by atoms with E-state index in [0.29, 0.717) is 36.5 Å². The summed E-state index contributed by atoms with van der Waals surface area (Å²) in [4.78, 5) is 34.4. The number of benzene rings is 2. The summed E-state index contributed by atoms with van der Waals surface area (Å²) in [6.07, 6.45) is 6.33. The first kappa shape index (κ1) is 31.9. The summed E-state index contributed by atoms with van der Waals surface area (Å²) in [5, 5.41) is 26.1. The van der Waals surface area contributed by atoms with Gasteiger partial charge in [0, 0.05) is 49.0 Å². The van der Waals surface area contributed by atoms with Crippen LogP contribution in [0.1, 0.15) is 56.8 Å². The molecule has 0 bridgehead atoms. The number of carbonyl (C=O) groups is 1. The van der Waals surface area contributed by atoms with Crippen molar-refractivity contribution >= 4 is 45.0 Å². The number of nitrogens with zero attached hydrogens (tertiary/aromatic N) is 3. The average molecular weight is 635 g/mol. The second kappa shape index (κ2) is 13.7. The summed E-state index contributed by atoms with van der Waals surface area (Å²) in [5.74, 6) is 0.290. The molecule has 1 atom stereocenters.